The van der Waals surface area contributed by atoms with Gasteiger partial charge in [0, 0.05) is 24.7 Å². The highest BCUT2D eigenvalue weighted by molar-refractivity contribution is 5.86. The maximum Gasteiger partial charge on any atom is 0.272 e. The van der Waals surface area contributed by atoms with Crippen molar-refractivity contribution < 1.29 is 0 Å². The van der Waals surface area contributed by atoms with Crippen LogP contribution in [0.5, 0.6) is 0 Å². The Bertz CT molecular complexity index is 1150. The Kier molecular flexibility index (Phi) is 5.43. The van der Waals surface area contributed by atoms with Crippen LogP contribution in [0.1, 0.15) is 29.5 Å². The number of rotatable bonds is 3. The summed E-state index contributed by atoms with van der Waals surface area (Å²) in [5.41, 5.74) is 13.2. The summed E-state index contributed by atoms with van der Waals surface area (Å²) in [4.78, 5) is 18.5. The van der Waals surface area contributed by atoms with Crippen LogP contribution in [0.25, 0.3) is 22.4 Å². The molecule has 30 heavy (non-hydrogen) atoms. The lowest BCUT2D eigenvalue weighted by Gasteiger charge is -2.33. The number of aromatic amines is 1. The largest absolute Gasteiger partial charge is 0.367 e. The molecule has 0 aliphatic carbocycles. The van der Waals surface area contributed by atoms with E-state index in [-0.39, 0.29) is 11.6 Å². The molecule has 1 fully saturated rings. The summed E-state index contributed by atoms with van der Waals surface area (Å²) in [5.74, 6) is 0. The second-order valence-corrected chi connectivity index (χ2v) is 8.06. The van der Waals surface area contributed by atoms with E-state index in [1.807, 2.05) is 62.4 Å². The molecule has 0 unspecified atom stereocenters. The van der Waals surface area contributed by atoms with Crippen molar-refractivity contribution in [2.24, 2.45) is 5.73 Å². The zero-order valence-electron chi connectivity index (χ0n) is 17.4. The fraction of sp³-hybridized carbons (Fsp3) is 0.280. The monoisotopic (exact) mass is 398 g/mol. The summed E-state index contributed by atoms with van der Waals surface area (Å²) >= 11 is 0. The topological polar surface area (TPSA) is 85.9 Å². The van der Waals surface area contributed by atoms with Gasteiger partial charge in [-0.25, -0.2) is 0 Å². The van der Waals surface area contributed by atoms with Gasteiger partial charge in [0.2, 0.25) is 0 Å². The molecule has 1 saturated heterocycles. The van der Waals surface area contributed by atoms with E-state index in [0.717, 1.165) is 59.6 Å². The second-order valence-electron chi connectivity index (χ2n) is 8.06. The van der Waals surface area contributed by atoms with Crippen molar-refractivity contribution in [1.82, 2.24) is 4.98 Å². The first-order valence-electron chi connectivity index (χ1n) is 10.3. The second kappa shape index (κ2) is 8.17. The van der Waals surface area contributed by atoms with Gasteiger partial charge in [-0.15, -0.1) is 0 Å². The molecule has 152 valence electrons. The van der Waals surface area contributed by atoms with E-state index < -0.39 is 0 Å². The van der Waals surface area contributed by atoms with Crippen molar-refractivity contribution >= 4 is 5.69 Å². The van der Waals surface area contributed by atoms with E-state index in [0.29, 0.717) is 5.56 Å². The van der Waals surface area contributed by atoms with Gasteiger partial charge in [0.05, 0.1) is 17.3 Å². The van der Waals surface area contributed by atoms with Gasteiger partial charge in [-0.05, 0) is 55.5 Å². The molecule has 0 bridgehead atoms. The fourth-order valence-electron chi connectivity index (χ4n) is 4.22. The zero-order chi connectivity index (χ0) is 21.3. The Hall–Kier alpha value is -3.36. The number of pyridine rings is 1. The molecule has 3 N–H and O–H groups in total. The molecule has 3 aromatic rings. The van der Waals surface area contributed by atoms with Gasteiger partial charge in [-0.3, -0.25) is 4.79 Å². The Morgan fingerprint density at radius 3 is 2.20 bits per heavy atom. The molecule has 1 aliphatic rings. The highest BCUT2D eigenvalue weighted by Gasteiger charge is 2.24. The first-order chi connectivity index (χ1) is 14.5. The quantitative estimate of drug-likeness (QED) is 0.695. The van der Waals surface area contributed by atoms with Crippen LogP contribution in [0.2, 0.25) is 0 Å². The summed E-state index contributed by atoms with van der Waals surface area (Å²) < 4.78 is 0. The van der Waals surface area contributed by atoms with E-state index >= 15 is 0 Å². The van der Waals surface area contributed by atoms with Crippen molar-refractivity contribution in [3.63, 3.8) is 0 Å². The summed E-state index contributed by atoms with van der Waals surface area (Å²) in [6, 6.07) is 18.1. The smallest absolute Gasteiger partial charge is 0.272 e. The third kappa shape index (κ3) is 3.74. The molecule has 1 aromatic heterocycles. The van der Waals surface area contributed by atoms with Gasteiger partial charge in [0.25, 0.3) is 5.56 Å². The molecule has 0 amide bonds. The summed E-state index contributed by atoms with van der Waals surface area (Å²) in [5, 5.41) is 9.17. The van der Waals surface area contributed by atoms with Gasteiger partial charge in [-0.1, -0.05) is 42.0 Å². The van der Waals surface area contributed by atoms with E-state index in [9.17, 15) is 4.79 Å². The average molecular weight is 399 g/mol. The molecule has 2 aromatic carbocycles. The molecule has 2 heterocycles. The van der Waals surface area contributed by atoms with Crippen LogP contribution < -0.4 is 16.2 Å². The van der Waals surface area contributed by atoms with Crippen molar-refractivity contribution in [3.8, 4) is 28.5 Å². The minimum absolute atomic E-state index is 0.0732. The van der Waals surface area contributed by atoms with Gasteiger partial charge in [0.15, 0.2) is 0 Å². The lowest BCUT2D eigenvalue weighted by Crippen LogP contribution is -2.42. The first-order valence-corrected chi connectivity index (χ1v) is 10.3. The van der Waals surface area contributed by atoms with Gasteiger partial charge in [-0.2, -0.15) is 5.26 Å². The molecule has 4 rings (SSSR count). The minimum Gasteiger partial charge on any atom is -0.367 e. The van der Waals surface area contributed by atoms with Gasteiger partial charge in [0.1, 0.15) is 5.69 Å². The molecule has 0 saturated carbocycles. The highest BCUT2D eigenvalue weighted by atomic mass is 16.1. The van der Waals surface area contributed by atoms with E-state index in [2.05, 4.69) is 16.0 Å². The lowest BCUT2D eigenvalue weighted by molar-refractivity contribution is 0.500. The first kappa shape index (κ1) is 19.9. The molecule has 0 radical (unpaired) electrons. The number of H-pyrrole nitrogens is 1. The number of nitrogens with two attached hydrogens (primary N) is 1. The Balaban J connectivity index is 1.92. The Labute approximate surface area is 176 Å². The van der Waals surface area contributed by atoms with Crippen molar-refractivity contribution in [1.29, 1.82) is 5.26 Å². The predicted molar refractivity (Wildman–Crippen MR) is 122 cm³/mol. The summed E-state index contributed by atoms with van der Waals surface area (Å²) in [6.07, 6.45) is 1.76. The van der Waals surface area contributed by atoms with Crippen LogP contribution in [0.15, 0.2) is 53.3 Å². The number of nitrogens with one attached hydrogen (secondary N) is 1. The van der Waals surface area contributed by atoms with Crippen molar-refractivity contribution in [3.05, 3.63) is 75.6 Å². The predicted octanol–water partition coefficient (Wildman–Crippen LogP) is 4.12. The zero-order valence-corrected chi connectivity index (χ0v) is 17.4. The van der Waals surface area contributed by atoms with Crippen LogP contribution >= 0.6 is 0 Å². The molecular weight excluding hydrogens is 372 g/mol. The maximum atomic E-state index is 13.2. The van der Waals surface area contributed by atoms with Crippen LogP contribution in [0.3, 0.4) is 0 Å². The number of hydrogen-bond acceptors (Lipinski definition) is 4. The van der Waals surface area contributed by atoms with Crippen molar-refractivity contribution in [2.75, 3.05) is 18.0 Å². The lowest BCUT2D eigenvalue weighted by atomic mass is 9.92. The molecule has 0 spiro atoms. The van der Waals surface area contributed by atoms with Crippen LogP contribution in [-0.2, 0) is 0 Å². The number of hydrogen-bond donors (Lipinski definition) is 2. The molecule has 5 nitrogen and oxygen atoms in total. The number of benzene rings is 2. The Morgan fingerprint density at radius 2 is 1.60 bits per heavy atom. The van der Waals surface area contributed by atoms with Crippen molar-refractivity contribution in [2.45, 2.75) is 32.7 Å². The van der Waals surface area contributed by atoms with Gasteiger partial charge >= 0.3 is 0 Å². The van der Waals surface area contributed by atoms with Crippen LogP contribution in [0.4, 0.5) is 5.69 Å². The Morgan fingerprint density at radius 1 is 1.00 bits per heavy atom. The highest BCUT2D eigenvalue weighted by Crippen LogP contribution is 2.36. The third-order valence-corrected chi connectivity index (χ3v) is 5.93. The van der Waals surface area contributed by atoms with Gasteiger partial charge < -0.3 is 15.6 Å². The average Bonchev–Trinajstić information content (AvgIpc) is 2.75. The standard InChI is InChI=1S/C25H26N4O/c1-16-3-7-20(8-4-16)23-22(19-9-5-18(15-26)6-10-19)17(2)24(25(30)28-23)29-13-11-21(27)12-14-29/h3-10,21H,11-14,27H2,1-2H3,(H,28,30). The molecule has 1 aliphatic heterocycles. The number of nitrogens with zero attached hydrogens (tertiary/aromatic N) is 2. The van der Waals surface area contributed by atoms with Crippen LogP contribution in [-0.4, -0.2) is 24.1 Å². The number of anilines is 1. The summed E-state index contributed by atoms with van der Waals surface area (Å²) in [7, 11) is 0. The van der Waals surface area contributed by atoms with Crippen LogP contribution in [0, 0.1) is 25.2 Å². The fourth-order valence-corrected chi connectivity index (χ4v) is 4.22. The minimum atomic E-state index is -0.0732. The molecule has 5 heteroatoms. The van der Waals surface area contributed by atoms with E-state index in [4.69, 9.17) is 11.0 Å². The molecule has 0 atom stereocenters. The third-order valence-electron chi connectivity index (χ3n) is 5.93. The number of aryl methyl sites for hydroxylation is 1. The summed E-state index contributed by atoms with van der Waals surface area (Å²) in [6.45, 7) is 5.62. The van der Waals surface area contributed by atoms with E-state index in [1.54, 1.807) is 0 Å². The number of nitriles is 1. The normalized spacial score (nSPS) is 14.5. The van der Waals surface area contributed by atoms with E-state index in [1.165, 1.54) is 5.56 Å². The SMILES string of the molecule is Cc1ccc(-c2[nH]c(=O)c(N3CCC(N)CC3)c(C)c2-c2ccc(C#N)cc2)cc1. The number of aromatic nitrogens is 1. The number of piperidine rings is 1. The molecular formula is C25H26N4O. The maximum absolute atomic E-state index is 13.2.